The molecule has 1 unspecified atom stereocenters. The molecule has 1 atom stereocenters. The molecule has 3 aliphatic rings. The molecule has 1 aromatic carbocycles. The van der Waals surface area contributed by atoms with Crippen LogP contribution < -0.4 is 10.1 Å². The van der Waals surface area contributed by atoms with Gasteiger partial charge < -0.3 is 9.64 Å². The van der Waals surface area contributed by atoms with E-state index in [2.05, 4.69) is 11.4 Å². The molecule has 1 aromatic rings. The fourth-order valence-electron chi connectivity index (χ4n) is 3.37. The van der Waals surface area contributed by atoms with Crippen molar-refractivity contribution in [1.29, 1.82) is 0 Å². The summed E-state index contributed by atoms with van der Waals surface area (Å²) in [5.41, 5.74) is 0.808. The number of nitrogens with zero attached hydrogens (tertiary/aromatic N) is 1. The highest BCUT2D eigenvalue weighted by Crippen LogP contribution is 2.47. The van der Waals surface area contributed by atoms with Crippen molar-refractivity contribution in [1.82, 2.24) is 10.2 Å². The lowest BCUT2D eigenvalue weighted by Gasteiger charge is -2.25. The molecule has 0 bridgehead atoms. The summed E-state index contributed by atoms with van der Waals surface area (Å²) in [6.45, 7) is 0.862. The number of carbonyl (C=O) groups excluding carboxylic acids is 1. The van der Waals surface area contributed by atoms with Crippen LogP contribution in [0.5, 0.6) is 5.75 Å². The number of carbonyl (C=O) groups is 1. The minimum atomic E-state index is -0.269. The molecular weight excluding hydrogens is 264 g/mol. The van der Waals surface area contributed by atoms with Gasteiger partial charge in [-0.3, -0.25) is 10.1 Å². The van der Waals surface area contributed by atoms with Crippen molar-refractivity contribution >= 4 is 5.91 Å². The second-order valence-corrected chi connectivity index (χ2v) is 6.60. The quantitative estimate of drug-likeness (QED) is 0.904. The van der Waals surface area contributed by atoms with Crippen molar-refractivity contribution in [2.45, 2.75) is 43.8 Å². The van der Waals surface area contributed by atoms with Crippen molar-refractivity contribution < 1.29 is 9.53 Å². The van der Waals surface area contributed by atoms with Crippen LogP contribution in [0.25, 0.3) is 0 Å². The summed E-state index contributed by atoms with van der Waals surface area (Å²) >= 11 is 0. The monoisotopic (exact) mass is 286 g/mol. The van der Waals surface area contributed by atoms with Gasteiger partial charge in [0.15, 0.2) is 0 Å². The molecule has 1 saturated heterocycles. The second kappa shape index (κ2) is 4.73. The molecule has 3 fully saturated rings. The Labute approximate surface area is 125 Å². The van der Waals surface area contributed by atoms with Crippen molar-refractivity contribution in [2.75, 3.05) is 13.7 Å². The number of methoxy groups -OCH3 is 1. The van der Waals surface area contributed by atoms with Crippen LogP contribution >= 0.6 is 0 Å². The lowest BCUT2D eigenvalue weighted by atomic mass is 10.1. The Kier molecular flexibility index (Phi) is 2.96. The highest BCUT2D eigenvalue weighted by atomic mass is 16.5. The summed E-state index contributed by atoms with van der Waals surface area (Å²) in [6.07, 6.45) is 5.71. The highest BCUT2D eigenvalue weighted by Gasteiger charge is 2.59. The maximum Gasteiger partial charge on any atom is 0.244 e. The van der Waals surface area contributed by atoms with E-state index in [9.17, 15) is 4.79 Å². The molecule has 1 aliphatic heterocycles. The number of para-hydroxylation sites is 1. The van der Waals surface area contributed by atoms with Crippen LogP contribution in [0.3, 0.4) is 0 Å². The number of hydrogen-bond donors (Lipinski definition) is 1. The van der Waals surface area contributed by atoms with Gasteiger partial charge in [-0.1, -0.05) is 31.0 Å². The van der Waals surface area contributed by atoms with E-state index >= 15 is 0 Å². The first-order chi connectivity index (χ1) is 10.2. The zero-order chi connectivity index (χ0) is 14.4. The molecule has 4 heteroatoms. The third-order valence-corrected chi connectivity index (χ3v) is 5.05. The molecule has 1 amide bonds. The average Bonchev–Trinajstić information content (AvgIpc) is 3.41. The van der Waals surface area contributed by atoms with Gasteiger partial charge in [0.1, 0.15) is 17.5 Å². The van der Waals surface area contributed by atoms with Crippen LogP contribution in [-0.4, -0.2) is 30.0 Å². The minimum absolute atomic E-state index is 0.0325. The van der Waals surface area contributed by atoms with Crippen molar-refractivity contribution in [3.8, 4) is 5.75 Å². The molecule has 4 nitrogen and oxygen atoms in total. The zero-order valence-electron chi connectivity index (χ0n) is 12.5. The van der Waals surface area contributed by atoms with Gasteiger partial charge in [0.2, 0.25) is 5.91 Å². The summed E-state index contributed by atoms with van der Waals surface area (Å²) in [4.78, 5) is 14.8. The predicted molar refractivity (Wildman–Crippen MR) is 79.9 cm³/mol. The van der Waals surface area contributed by atoms with Gasteiger partial charge >= 0.3 is 0 Å². The van der Waals surface area contributed by atoms with Crippen LogP contribution in [0.4, 0.5) is 0 Å². The molecule has 112 valence electrons. The molecule has 2 aliphatic carbocycles. The molecule has 4 rings (SSSR count). The van der Waals surface area contributed by atoms with Crippen LogP contribution in [0, 0.1) is 5.92 Å². The van der Waals surface area contributed by atoms with Crippen LogP contribution in [0.2, 0.25) is 0 Å². The number of hydrogen-bond acceptors (Lipinski definition) is 3. The van der Waals surface area contributed by atoms with Crippen LogP contribution in [-0.2, 0) is 4.79 Å². The van der Waals surface area contributed by atoms with E-state index in [0.717, 1.165) is 43.0 Å². The van der Waals surface area contributed by atoms with E-state index in [1.165, 1.54) is 12.8 Å². The number of benzene rings is 1. The summed E-state index contributed by atoms with van der Waals surface area (Å²) in [5, 5.41) is 3.57. The Bertz CT molecular complexity index is 564. The second-order valence-electron chi connectivity index (χ2n) is 6.60. The first kappa shape index (κ1) is 13.1. The van der Waals surface area contributed by atoms with E-state index in [4.69, 9.17) is 4.74 Å². The van der Waals surface area contributed by atoms with E-state index < -0.39 is 0 Å². The molecule has 1 spiro atoms. The van der Waals surface area contributed by atoms with Crippen molar-refractivity contribution in [3.63, 3.8) is 0 Å². The Morgan fingerprint density at radius 3 is 2.76 bits per heavy atom. The summed E-state index contributed by atoms with van der Waals surface area (Å²) < 4.78 is 5.49. The molecule has 0 aromatic heterocycles. The maximum atomic E-state index is 12.7. The predicted octanol–water partition coefficient (Wildman–Crippen LogP) is 2.46. The number of rotatable bonds is 5. The standard InChI is InChI=1S/C17H22N2O2/c1-21-14-5-3-2-4-13(14)15-18-17(9-10-17)16(20)19(15)11-8-12-6-7-12/h2-5,12,15,18H,6-11H2,1H3. The Hall–Kier alpha value is -1.55. The maximum absolute atomic E-state index is 12.7. The lowest BCUT2D eigenvalue weighted by Crippen LogP contribution is -2.33. The number of nitrogens with one attached hydrogen (secondary N) is 1. The molecular formula is C17H22N2O2. The van der Waals surface area contributed by atoms with E-state index in [0.29, 0.717) is 5.91 Å². The normalized spacial score (nSPS) is 26.4. The largest absolute Gasteiger partial charge is 0.496 e. The SMILES string of the molecule is COc1ccccc1C1NC2(CC2)C(=O)N1CCC1CC1. The Morgan fingerprint density at radius 1 is 1.33 bits per heavy atom. The van der Waals surface area contributed by atoms with Gasteiger partial charge in [-0.15, -0.1) is 0 Å². The first-order valence-corrected chi connectivity index (χ1v) is 7.95. The average molecular weight is 286 g/mol. The minimum Gasteiger partial charge on any atom is -0.496 e. The summed E-state index contributed by atoms with van der Waals surface area (Å²) in [7, 11) is 1.69. The molecule has 21 heavy (non-hydrogen) atoms. The van der Waals surface area contributed by atoms with E-state index in [-0.39, 0.29) is 11.7 Å². The van der Waals surface area contributed by atoms with Gasteiger partial charge in [-0.2, -0.15) is 0 Å². The summed E-state index contributed by atoms with van der Waals surface area (Å²) in [5.74, 6) is 1.99. The van der Waals surface area contributed by atoms with Crippen molar-refractivity contribution in [2.24, 2.45) is 5.92 Å². The fraction of sp³-hybridized carbons (Fsp3) is 0.588. The van der Waals surface area contributed by atoms with Gasteiger partial charge in [0.05, 0.1) is 7.11 Å². The van der Waals surface area contributed by atoms with Crippen LogP contribution in [0.15, 0.2) is 24.3 Å². The lowest BCUT2D eigenvalue weighted by molar-refractivity contribution is -0.131. The topological polar surface area (TPSA) is 41.6 Å². The van der Waals surface area contributed by atoms with Gasteiger partial charge in [-0.05, 0) is 31.2 Å². The highest BCUT2D eigenvalue weighted by molar-refractivity contribution is 5.92. The Morgan fingerprint density at radius 2 is 2.10 bits per heavy atom. The smallest absolute Gasteiger partial charge is 0.244 e. The van der Waals surface area contributed by atoms with Crippen molar-refractivity contribution in [3.05, 3.63) is 29.8 Å². The Balaban J connectivity index is 1.62. The number of amides is 1. The molecule has 1 N–H and O–H groups in total. The zero-order valence-corrected chi connectivity index (χ0v) is 12.5. The molecule has 2 saturated carbocycles. The van der Waals surface area contributed by atoms with Gasteiger partial charge in [0.25, 0.3) is 0 Å². The first-order valence-electron chi connectivity index (χ1n) is 7.95. The fourth-order valence-corrected chi connectivity index (χ4v) is 3.37. The molecule has 0 radical (unpaired) electrons. The molecule has 1 heterocycles. The van der Waals surface area contributed by atoms with Gasteiger partial charge in [0, 0.05) is 12.1 Å². The number of ether oxygens (including phenoxy) is 1. The van der Waals surface area contributed by atoms with Gasteiger partial charge in [-0.25, -0.2) is 0 Å². The van der Waals surface area contributed by atoms with E-state index in [1.54, 1.807) is 7.11 Å². The summed E-state index contributed by atoms with van der Waals surface area (Å²) in [6, 6.07) is 8.02. The van der Waals surface area contributed by atoms with Crippen LogP contribution in [0.1, 0.15) is 43.8 Å². The van der Waals surface area contributed by atoms with E-state index in [1.807, 2.05) is 23.1 Å². The third-order valence-electron chi connectivity index (χ3n) is 5.05. The third kappa shape index (κ3) is 2.22.